The highest BCUT2D eigenvalue weighted by atomic mass is 16.3. The summed E-state index contributed by atoms with van der Waals surface area (Å²) in [5, 5.41) is 3.68. The third kappa shape index (κ3) is 8.28. The monoisotopic (exact) mass is 853 g/mol. The summed E-state index contributed by atoms with van der Waals surface area (Å²) in [5.74, 6) is 0. The number of allylic oxidation sites excluding steroid dienone is 5. The maximum Gasteiger partial charge on any atom is 0.135 e. The van der Waals surface area contributed by atoms with Gasteiger partial charge in [-0.25, -0.2) is 0 Å². The normalized spacial score (nSPS) is 14.8. The van der Waals surface area contributed by atoms with Crippen molar-refractivity contribution in [2.24, 2.45) is 0 Å². The first-order valence-electron chi connectivity index (χ1n) is 23.2. The van der Waals surface area contributed by atoms with E-state index in [2.05, 4.69) is 246 Å². The molecule has 0 bridgehead atoms. The number of hydrogen-bond acceptors (Lipinski definition) is 1. The summed E-state index contributed by atoms with van der Waals surface area (Å²) < 4.78 is 8.26. The van der Waals surface area contributed by atoms with Crippen LogP contribution in [0.4, 0.5) is 0 Å². The van der Waals surface area contributed by atoms with Gasteiger partial charge in [0.1, 0.15) is 11.2 Å². The van der Waals surface area contributed by atoms with Crippen LogP contribution in [0.5, 0.6) is 0 Å². The first kappa shape index (κ1) is 42.3. The molecule has 2 nitrogen and oxygen atoms in total. The van der Waals surface area contributed by atoms with E-state index in [0.29, 0.717) is 0 Å². The number of para-hydroxylation sites is 2. The van der Waals surface area contributed by atoms with E-state index in [9.17, 15) is 0 Å². The van der Waals surface area contributed by atoms with E-state index >= 15 is 0 Å². The van der Waals surface area contributed by atoms with Crippen LogP contribution in [-0.4, -0.2) is 4.57 Å². The van der Waals surface area contributed by atoms with Gasteiger partial charge in [0.2, 0.25) is 0 Å². The van der Waals surface area contributed by atoms with Gasteiger partial charge in [0, 0.05) is 27.3 Å². The Labute approximate surface area is 389 Å². The Morgan fingerprint density at radius 2 is 1.05 bits per heavy atom. The van der Waals surface area contributed by atoms with E-state index in [1.54, 1.807) is 0 Å². The topological polar surface area (TPSA) is 18.1 Å². The standard InChI is InChI=1S/C29H25N.C19H14O.C16H16/c1-22-15-17-23(18-16-22)24-19-20-29-27(21-24)26-13-9-4-2-3-5-10-14-28(26)30(29)25-11-7-6-8-12-25;1-13-6-8-14(9-7-13)15-10-11-19-17(12-15)16-4-2-3-5-18(16)20-19;1-11-8-9-13-12-6-4-5-7-14(12)16(2,3)15(13)10-11/h2-4,6-12,14-21H,5,13H2,1H3;2-12H,1H3;4-10H,1-3H3/b3-2-,9-4-,14-10-;;. The summed E-state index contributed by atoms with van der Waals surface area (Å²) in [6.45, 7) is 11.0. The molecule has 0 atom stereocenters. The largest absolute Gasteiger partial charge is 0.456 e. The molecule has 2 aromatic heterocycles. The Hall–Kier alpha value is -7.68. The molecule has 0 saturated carbocycles. The highest BCUT2D eigenvalue weighted by molar-refractivity contribution is 6.06. The Balaban J connectivity index is 0.000000123. The van der Waals surface area contributed by atoms with Crippen molar-refractivity contribution in [1.29, 1.82) is 0 Å². The zero-order valence-corrected chi connectivity index (χ0v) is 38.6. The van der Waals surface area contributed by atoms with E-state index in [0.717, 1.165) is 24.0 Å². The average molecular weight is 854 g/mol. The predicted molar refractivity (Wildman–Crippen MR) is 282 cm³/mol. The van der Waals surface area contributed by atoms with Crippen LogP contribution in [0.2, 0.25) is 0 Å². The molecule has 0 N–H and O–H groups in total. The van der Waals surface area contributed by atoms with E-state index in [1.807, 2.05) is 12.1 Å². The Bertz CT molecular complexity index is 3440. The van der Waals surface area contributed by atoms with E-state index in [4.69, 9.17) is 4.42 Å². The van der Waals surface area contributed by atoms with Crippen LogP contribution in [0.1, 0.15) is 59.3 Å². The highest BCUT2D eigenvalue weighted by Crippen LogP contribution is 2.48. The van der Waals surface area contributed by atoms with E-state index in [-0.39, 0.29) is 5.41 Å². The smallest absolute Gasteiger partial charge is 0.135 e. The molecular formula is C64H55NO. The van der Waals surface area contributed by atoms with Gasteiger partial charge in [0.25, 0.3) is 0 Å². The second kappa shape index (κ2) is 18.1. The van der Waals surface area contributed by atoms with Gasteiger partial charge in [0.15, 0.2) is 0 Å². The second-order valence-corrected chi connectivity index (χ2v) is 18.2. The van der Waals surface area contributed by atoms with Crippen molar-refractivity contribution in [3.63, 3.8) is 0 Å². The number of furan rings is 1. The molecule has 0 amide bonds. The van der Waals surface area contributed by atoms with Gasteiger partial charge in [-0.05, 0) is 132 Å². The molecule has 2 heterocycles. The predicted octanol–water partition coefficient (Wildman–Crippen LogP) is 17.5. The van der Waals surface area contributed by atoms with Crippen LogP contribution in [-0.2, 0) is 11.8 Å². The van der Waals surface area contributed by atoms with Crippen molar-refractivity contribution in [3.8, 4) is 39.1 Å². The van der Waals surface area contributed by atoms with Crippen molar-refractivity contribution < 1.29 is 4.42 Å². The summed E-state index contributed by atoms with van der Waals surface area (Å²) in [5.41, 5.74) is 21.8. The molecule has 10 aromatic rings. The molecule has 0 fully saturated rings. The number of benzene rings is 8. The molecule has 12 rings (SSSR count). The van der Waals surface area contributed by atoms with Gasteiger partial charge in [-0.15, -0.1) is 0 Å². The minimum atomic E-state index is 0.151. The van der Waals surface area contributed by atoms with Crippen LogP contribution in [0, 0.1) is 20.8 Å². The lowest BCUT2D eigenvalue weighted by Gasteiger charge is -2.21. The maximum atomic E-state index is 5.86. The van der Waals surface area contributed by atoms with Gasteiger partial charge >= 0.3 is 0 Å². The molecule has 2 heteroatoms. The summed E-state index contributed by atoms with van der Waals surface area (Å²) in [4.78, 5) is 0. The summed E-state index contributed by atoms with van der Waals surface area (Å²) >= 11 is 0. The quantitative estimate of drug-likeness (QED) is 0.173. The third-order valence-electron chi connectivity index (χ3n) is 13.3. The molecule has 0 unspecified atom stereocenters. The number of aromatic nitrogens is 1. The van der Waals surface area contributed by atoms with Crippen LogP contribution >= 0.6 is 0 Å². The highest BCUT2D eigenvalue weighted by Gasteiger charge is 2.34. The lowest BCUT2D eigenvalue weighted by atomic mass is 9.82. The minimum absolute atomic E-state index is 0.151. The van der Waals surface area contributed by atoms with Crippen molar-refractivity contribution in [2.75, 3.05) is 0 Å². The fraction of sp³-hybridized carbons (Fsp3) is 0.125. The molecule has 8 aromatic carbocycles. The van der Waals surface area contributed by atoms with Crippen LogP contribution in [0.15, 0.2) is 217 Å². The fourth-order valence-electron chi connectivity index (χ4n) is 9.70. The van der Waals surface area contributed by atoms with Crippen LogP contribution in [0.3, 0.4) is 0 Å². The SMILES string of the molecule is Cc1ccc(-c2ccc3c(c2)c2c(n3-c3ccccc3)/C=C\C/C=C\C=C/C2)cc1.Cc1ccc(-c2ccc3oc4ccccc4c3c2)cc1.Cc1ccc2c(c1)C(C)(C)c1ccccc1-2. The Morgan fingerprint density at radius 3 is 1.80 bits per heavy atom. The second-order valence-electron chi connectivity index (χ2n) is 18.2. The molecule has 2 aliphatic carbocycles. The van der Waals surface area contributed by atoms with Crippen molar-refractivity contribution in [1.82, 2.24) is 4.57 Å². The molecule has 0 aliphatic heterocycles. The maximum absolute atomic E-state index is 5.86. The van der Waals surface area contributed by atoms with Crippen LogP contribution < -0.4 is 0 Å². The lowest BCUT2D eigenvalue weighted by Crippen LogP contribution is -2.14. The Morgan fingerprint density at radius 1 is 0.455 bits per heavy atom. The molecule has 0 spiro atoms. The Kier molecular flexibility index (Phi) is 11.6. The molecule has 2 aliphatic rings. The molecule has 0 saturated heterocycles. The average Bonchev–Trinajstić information content (AvgIpc) is 3.95. The third-order valence-corrected chi connectivity index (χ3v) is 13.3. The van der Waals surface area contributed by atoms with Gasteiger partial charge < -0.3 is 8.98 Å². The first-order chi connectivity index (χ1) is 32.2. The minimum Gasteiger partial charge on any atom is -0.456 e. The first-order valence-corrected chi connectivity index (χ1v) is 23.2. The van der Waals surface area contributed by atoms with Gasteiger partial charge in [-0.1, -0.05) is 200 Å². The molecule has 0 radical (unpaired) electrons. The number of rotatable bonds is 3. The zero-order chi connectivity index (χ0) is 45.2. The fourth-order valence-corrected chi connectivity index (χ4v) is 9.70. The van der Waals surface area contributed by atoms with Gasteiger partial charge in [-0.2, -0.15) is 0 Å². The van der Waals surface area contributed by atoms with E-state index in [1.165, 1.54) is 99.8 Å². The van der Waals surface area contributed by atoms with Crippen molar-refractivity contribution >= 4 is 38.9 Å². The lowest BCUT2D eigenvalue weighted by molar-refractivity contribution is 0.660. The van der Waals surface area contributed by atoms with Crippen molar-refractivity contribution in [3.05, 3.63) is 251 Å². The summed E-state index contributed by atoms with van der Waals surface area (Å²) in [7, 11) is 0. The van der Waals surface area contributed by atoms with Gasteiger partial charge in [0.05, 0.1) is 11.2 Å². The number of aryl methyl sites for hydroxylation is 3. The number of fused-ring (bicyclic) bond motifs is 9. The molecular weight excluding hydrogens is 799 g/mol. The van der Waals surface area contributed by atoms with Crippen LogP contribution in [0.25, 0.3) is 78.0 Å². The molecule has 66 heavy (non-hydrogen) atoms. The number of nitrogens with zero attached hydrogens (tertiary/aromatic N) is 1. The van der Waals surface area contributed by atoms with Crippen molar-refractivity contribution in [2.45, 2.75) is 52.9 Å². The zero-order valence-electron chi connectivity index (χ0n) is 38.6. The van der Waals surface area contributed by atoms with Gasteiger partial charge in [-0.3, -0.25) is 0 Å². The summed E-state index contributed by atoms with van der Waals surface area (Å²) in [6, 6.07) is 65.1. The number of hydrogen-bond donors (Lipinski definition) is 0. The summed E-state index contributed by atoms with van der Waals surface area (Å²) in [6.07, 6.45) is 15.2. The van der Waals surface area contributed by atoms with E-state index < -0.39 is 0 Å². The molecule has 322 valence electrons.